The first kappa shape index (κ1) is 11.9. The molecule has 0 amide bonds. The monoisotopic (exact) mass is 285 g/mol. The number of benzene rings is 1. The molecule has 0 radical (unpaired) electrons. The summed E-state index contributed by atoms with van der Waals surface area (Å²) in [5.74, 6) is 0. The lowest BCUT2D eigenvalue weighted by Crippen LogP contribution is -2.50. The molecule has 2 N–H and O–H groups in total. The molecule has 1 aliphatic heterocycles. The minimum atomic E-state index is -0.0860. The van der Waals surface area contributed by atoms with Crippen molar-refractivity contribution in [1.29, 1.82) is 0 Å². The van der Waals surface area contributed by atoms with Crippen molar-refractivity contribution in [2.24, 2.45) is 5.41 Å². The molecule has 0 aromatic heterocycles. The molecule has 3 nitrogen and oxygen atoms in total. The molecule has 1 aromatic carbocycles. The Balaban J connectivity index is 1.96. The van der Waals surface area contributed by atoms with Gasteiger partial charge in [0.25, 0.3) is 0 Å². The summed E-state index contributed by atoms with van der Waals surface area (Å²) in [5.41, 5.74) is 2.20. The molecule has 1 fully saturated rings. The lowest BCUT2D eigenvalue weighted by molar-refractivity contribution is -0.128. The summed E-state index contributed by atoms with van der Waals surface area (Å²) < 4.78 is 6.25. The first-order valence-electron chi connectivity index (χ1n) is 5.34. The van der Waals surface area contributed by atoms with Crippen LogP contribution in [0.2, 0.25) is 0 Å². The summed E-state index contributed by atoms with van der Waals surface area (Å²) >= 11 is 3.50. The van der Waals surface area contributed by atoms with Gasteiger partial charge in [0, 0.05) is 16.7 Å². The quantitative estimate of drug-likeness (QED) is 0.891. The zero-order valence-corrected chi connectivity index (χ0v) is 10.9. The van der Waals surface area contributed by atoms with Crippen molar-refractivity contribution in [2.75, 3.05) is 31.7 Å². The van der Waals surface area contributed by atoms with Crippen LogP contribution in [-0.2, 0) is 4.74 Å². The molecule has 0 saturated carbocycles. The van der Waals surface area contributed by atoms with E-state index < -0.39 is 0 Å². The number of aliphatic hydroxyl groups is 1. The molecule has 0 spiro atoms. The zero-order chi connectivity index (χ0) is 11.6. The van der Waals surface area contributed by atoms with Crippen LogP contribution in [-0.4, -0.2) is 31.5 Å². The zero-order valence-electron chi connectivity index (χ0n) is 9.29. The second-order valence-corrected chi connectivity index (χ2v) is 5.32. The maximum absolute atomic E-state index is 9.28. The predicted molar refractivity (Wildman–Crippen MR) is 67.7 cm³/mol. The van der Waals surface area contributed by atoms with Crippen LogP contribution < -0.4 is 5.32 Å². The second-order valence-electron chi connectivity index (χ2n) is 4.47. The number of hydrogen-bond acceptors (Lipinski definition) is 3. The highest BCUT2D eigenvalue weighted by molar-refractivity contribution is 9.10. The number of rotatable bonds is 4. The molecule has 4 heteroatoms. The van der Waals surface area contributed by atoms with Gasteiger partial charge in [0.1, 0.15) is 0 Å². The first-order chi connectivity index (χ1) is 7.65. The van der Waals surface area contributed by atoms with Gasteiger partial charge < -0.3 is 15.2 Å². The van der Waals surface area contributed by atoms with Gasteiger partial charge >= 0.3 is 0 Å². The Labute approximate surface area is 104 Å². The van der Waals surface area contributed by atoms with Gasteiger partial charge in [-0.1, -0.05) is 22.0 Å². The van der Waals surface area contributed by atoms with E-state index in [-0.39, 0.29) is 12.0 Å². The van der Waals surface area contributed by atoms with Crippen LogP contribution in [0.25, 0.3) is 0 Å². The molecule has 0 aliphatic carbocycles. The number of aliphatic hydroxyl groups excluding tert-OH is 1. The highest BCUT2D eigenvalue weighted by atomic mass is 79.9. The number of hydrogen-bond donors (Lipinski definition) is 2. The second kappa shape index (κ2) is 4.73. The van der Waals surface area contributed by atoms with Gasteiger partial charge in [0.15, 0.2) is 0 Å². The lowest BCUT2D eigenvalue weighted by Gasteiger charge is -2.40. The van der Waals surface area contributed by atoms with E-state index in [1.54, 1.807) is 0 Å². The first-order valence-corrected chi connectivity index (χ1v) is 6.13. The standard InChI is InChI=1S/C12H16BrNO2/c1-9-2-3-10(4-11(9)13)14-5-12(6-15)7-16-8-12/h2-4,14-15H,5-8H2,1H3. The fourth-order valence-corrected chi connectivity index (χ4v) is 2.01. The van der Waals surface area contributed by atoms with Crippen LogP contribution in [0.3, 0.4) is 0 Å². The van der Waals surface area contributed by atoms with Crippen molar-refractivity contribution >= 4 is 21.6 Å². The summed E-state index contributed by atoms with van der Waals surface area (Å²) in [6, 6.07) is 6.17. The molecule has 0 unspecified atom stereocenters. The summed E-state index contributed by atoms with van der Waals surface area (Å²) in [4.78, 5) is 0. The molecular formula is C12H16BrNO2. The van der Waals surface area contributed by atoms with Crippen LogP contribution in [0.4, 0.5) is 5.69 Å². The van der Waals surface area contributed by atoms with E-state index in [4.69, 9.17) is 4.74 Å². The maximum atomic E-state index is 9.28. The van der Waals surface area contributed by atoms with Gasteiger partial charge in [0.05, 0.1) is 25.2 Å². The molecule has 1 heterocycles. The van der Waals surface area contributed by atoms with Crippen LogP contribution in [0, 0.1) is 12.3 Å². The van der Waals surface area contributed by atoms with Crippen LogP contribution in [0.15, 0.2) is 22.7 Å². The largest absolute Gasteiger partial charge is 0.396 e. The van der Waals surface area contributed by atoms with Crippen molar-refractivity contribution in [2.45, 2.75) is 6.92 Å². The van der Waals surface area contributed by atoms with E-state index in [1.807, 2.05) is 6.07 Å². The van der Waals surface area contributed by atoms with E-state index >= 15 is 0 Å². The normalized spacial score (nSPS) is 17.9. The number of halogens is 1. The molecule has 1 aromatic rings. The Kier molecular flexibility index (Phi) is 3.52. The summed E-state index contributed by atoms with van der Waals surface area (Å²) in [6.45, 7) is 4.27. The minimum absolute atomic E-state index is 0.0860. The van der Waals surface area contributed by atoms with E-state index in [9.17, 15) is 5.11 Å². The highest BCUT2D eigenvalue weighted by Crippen LogP contribution is 2.28. The van der Waals surface area contributed by atoms with Crippen LogP contribution >= 0.6 is 15.9 Å². The molecule has 1 saturated heterocycles. The van der Waals surface area contributed by atoms with Gasteiger partial charge in [0.2, 0.25) is 0 Å². The molecule has 0 bridgehead atoms. The average molecular weight is 286 g/mol. The minimum Gasteiger partial charge on any atom is -0.396 e. The number of anilines is 1. The third-order valence-electron chi connectivity index (χ3n) is 2.99. The number of ether oxygens (including phenoxy) is 1. The lowest BCUT2D eigenvalue weighted by atomic mass is 9.87. The molecule has 16 heavy (non-hydrogen) atoms. The van der Waals surface area contributed by atoms with Crippen molar-refractivity contribution in [3.8, 4) is 0 Å². The van der Waals surface area contributed by atoms with Crippen molar-refractivity contribution < 1.29 is 9.84 Å². The molecule has 2 rings (SSSR count). The van der Waals surface area contributed by atoms with E-state index in [0.717, 1.165) is 16.7 Å². The smallest absolute Gasteiger partial charge is 0.0584 e. The topological polar surface area (TPSA) is 41.5 Å². The van der Waals surface area contributed by atoms with Gasteiger partial charge in [-0.25, -0.2) is 0 Å². The van der Waals surface area contributed by atoms with E-state index in [2.05, 4.69) is 40.3 Å². The third-order valence-corrected chi connectivity index (χ3v) is 3.85. The van der Waals surface area contributed by atoms with Crippen molar-refractivity contribution in [3.63, 3.8) is 0 Å². The Morgan fingerprint density at radius 3 is 2.75 bits per heavy atom. The maximum Gasteiger partial charge on any atom is 0.0584 e. The van der Waals surface area contributed by atoms with Gasteiger partial charge in [-0.15, -0.1) is 0 Å². The summed E-state index contributed by atoms with van der Waals surface area (Å²) in [6.07, 6.45) is 0. The highest BCUT2D eigenvalue weighted by Gasteiger charge is 2.37. The Bertz CT molecular complexity index is 372. The third kappa shape index (κ3) is 2.39. The predicted octanol–water partition coefficient (Wildman–Crippen LogP) is 2.18. The summed E-state index contributed by atoms with van der Waals surface area (Å²) in [7, 11) is 0. The SMILES string of the molecule is Cc1ccc(NCC2(CO)COC2)cc1Br. The fraction of sp³-hybridized carbons (Fsp3) is 0.500. The molecule has 0 atom stereocenters. The molecule has 88 valence electrons. The average Bonchev–Trinajstić information content (AvgIpc) is 2.22. The van der Waals surface area contributed by atoms with Crippen molar-refractivity contribution in [3.05, 3.63) is 28.2 Å². The molecular weight excluding hydrogens is 270 g/mol. The number of aryl methyl sites for hydroxylation is 1. The number of nitrogens with one attached hydrogen (secondary N) is 1. The molecule has 1 aliphatic rings. The van der Waals surface area contributed by atoms with E-state index in [0.29, 0.717) is 13.2 Å². The van der Waals surface area contributed by atoms with E-state index in [1.165, 1.54) is 5.56 Å². The van der Waals surface area contributed by atoms with Crippen LogP contribution in [0.5, 0.6) is 0 Å². The van der Waals surface area contributed by atoms with Crippen LogP contribution in [0.1, 0.15) is 5.56 Å². The summed E-state index contributed by atoms with van der Waals surface area (Å²) in [5, 5.41) is 12.6. The fourth-order valence-electron chi connectivity index (χ4n) is 1.63. The van der Waals surface area contributed by atoms with Gasteiger partial charge in [-0.3, -0.25) is 0 Å². The Morgan fingerprint density at radius 2 is 2.25 bits per heavy atom. The van der Waals surface area contributed by atoms with Gasteiger partial charge in [-0.05, 0) is 24.6 Å². The Hall–Kier alpha value is -0.580. The van der Waals surface area contributed by atoms with Crippen molar-refractivity contribution in [1.82, 2.24) is 0 Å². The van der Waals surface area contributed by atoms with Gasteiger partial charge in [-0.2, -0.15) is 0 Å². The Morgan fingerprint density at radius 1 is 1.50 bits per heavy atom.